The van der Waals surface area contributed by atoms with Gasteiger partial charge in [0, 0.05) is 12.1 Å². The zero-order chi connectivity index (χ0) is 12.1. The summed E-state index contributed by atoms with van der Waals surface area (Å²) in [4.78, 5) is 11.9. The molecule has 1 heterocycles. The Kier molecular flexibility index (Phi) is 4.15. The average Bonchev–Trinajstić information content (AvgIpc) is 2.30. The van der Waals surface area contributed by atoms with Crippen LogP contribution < -0.4 is 10.6 Å². The molecule has 1 fully saturated rings. The van der Waals surface area contributed by atoms with E-state index < -0.39 is 0 Å². The molecule has 0 spiro atoms. The van der Waals surface area contributed by atoms with E-state index in [0.29, 0.717) is 12.3 Å². The molecule has 1 aliphatic rings. The summed E-state index contributed by atoms with van der Waals surface area (Å²) in [5, 5.41) is 6.30. The van der Waals surface area contributed by atoms with Gasteiger partial charge >= 0.3 is 0 Å². The highest BCUT2D eigenvalue weighted by Gasteiger charge is 2.16. The Labute approximate surface area is 103 Å². The maximum absolute atomic E-state index is 11.9. The van der Waals surface area contributed by atoms with Crippen LogP contribution in [0.5, 0.6) is 0 Å². The minimum atomic E-state index is 0.129. The Morgan fingerprint density at radius 3 is 3.12 bits per heavy atom. The Balaban J connectivity index is 1.84. The number of aryl methyl sites for hydroxylation is 1. The van der Waals surface area contributed by atoms with Crippen LogP contribution in [0.1, 0.15) is 24.8 Å². The fourth-order valence-electron chi connectivity index (χ4n) is 2.30. The van der Waals surface area contributed by atoms with E-state index in [1.165, 1.54) is 12.0 Å². The fourth-order valence-corrected chi connectivity index (χ4v) is 2.30. The second-order valence-corrected chi connectivity index (χ2v) is 4.83. The predicted molar refractivity (Wildman–Crippen MR) is 70.0 cm³/mol. The summed E-state index contributed by atoms with van der Waals surface area (Å²) in [5.41, 5.74) is 2.07. The number of nitrogens with one attached hydrogen (secondary N) is 2. The molecule has 2 rings (SSSR count). The van der Waals surface area contributed by atoms with Gasteiger partial charge in [-0.3, -0.25) is 4.79 Å². The SMILES string of the molecule is Cc1cccc(NC(=O)CC2CCCNC2)c1. The van der Waals surface area contributed by atoms with E-state index in [4.69, 9.17) is 0 Å². The van der Waals surface area contributed by atoms with E-state index in [0.717, 1.165) is 25.2 Å². The number of hydrogen-bond acceptors (Lipinski definition) is 2. The van der Waals surface area contributed by atoms with Gasteiger partial charge in [-0.05, 0) is 56.5 Å². The topological polar surface area (TPSA) is 41.1 Å². The zero-order valence-electron chi connectivity index (χ0n) is 10.3. The van der Waals surface area contributed by atoms with Gasteiger partial charge in [-0.2, -0.15) is 0 Å². The Morgan fingerprint density at radius 1 is 1.53 bits per heavy atom. The van der Waals surface area contributed by atoms with Crippen molar-refractivity contribution >= 4 is 11.6 Å². The molecule has 1 aromatic carbocycles. The highest BCUT2D eigenvalue weighted by atomic mass is 16.1. The molecule has 92 valence electrons. The summed E-state index contributed by atoms with van der Waals surface area (Å²) in [7, 11) is 0. The molecule has 3 nitrogen and oxygen atoms in total. The summed E-state index contributed by atoms with van der Waals surface area (Å²) in [6.07, 6.45) is 2.97. The van der Waals surface area contributed by atoms with E-state index >= 15 is 0 Å². The lowest BCUT2D eigenvalue weighted by molar-refractivity contribution is -0.117. The van der Waals surface area contributed by atoms with Gasteiger partial charge in [0.25, 0.3) is 0 Å². The molecule has 0 aliphatic carbocycles. The first-order valence-corrected chi connectivity index (χ1v) is 6.31. The van der Waals surface area contributed by atoms with Crippen molar-refractivity contribution in [1.29, 1.82) is 0 Å². The predicted octanol–water partition coefficient (Wildman–Crippen LogP) is 2.32. The number of carbonyl (C=O) groups is 1. The Hall–Kier alpha value is -1.35. The summed E-state index contributed by atoms with van der Waals surface area (Å²) in [5.74, 6) is 0.623. The zero-order valence-corrected chi connectivity index (χ0v) is 10.3. The number of rotatable bonds is 3. The van der Waals surface area contributed by atoms with Gasteiger partial charge in [0.15, 0.2) is 0 Å². The highest BCUT2D eigenvalue weighted by Crippen LogP contribution is 2.16. The Bertz CT molecular complexity index is 384. The monoisotopic (exact) mass is 232 g/mol. The molecule has 0 radical (unpaired) electrons. The summed E-state index contributed by atoms with van der Waals surface area (Å²) < 4.78 is 0. The second kappa shape index (κ2) is 5.82. The molecule has 17 heavy (non-hydrogen) atoms. The van der Waals surface area contributed by atoms with Gasteiger partial charge in [0.2, 0.25) is 5.91 Å². The van der Waals surface area contributed by atoms with Crippen molar-refractivity contribution in [1.82, 2.24) is 5.32 Å². The van der Waals surface area contributed by atoms with Crippen molar-refractivity contribution in [3.8, 4) is 0 Å². The smallest absolute Gasteiger partial charge is 0.224 e. The fraction of sp³-hybridized carbons (Fsp3) is 0.500. The molecule has 1 unspecified atom stereocenters. The minimum Gasteiger partial charge on any atom is -0.326 e. The van der Waals surface area contributed by atoms with E-state index in [1.54, 1.807) is 0 Å². The van der Waals surface area contributed by atoms with Gasteiger partial charge in [-0.15, -0.1) is 0 Å². The molecule has 3 heteroatoms. The number of amides is 1. The molecule has 0 bridgehead atoms. The van der Waals surface area contributed by atoms with Gasteiger partial charge in [0.05, 0.1) is 0 Å². The molecule has 1 saturated heterocycles. The maximum Gasteiger partial charge on any atom is 0.224 e. The molecule has 2 N–H and O–H groups in total. The molecular formula is C14H20N2O. The van der Waals surface area contributed by atoms with Crippen LogP contribution in [0.4, 0.5) is 5.69 Å². The third-order valence-electron chi connectivity index (χ3n) is 3.17. The van der Waals surface area contributed by atoms with Crippen LogP contribution >= 0.6 is 0 Å². The van der Waals surface area contributed by atoms with Crippen LogP contribution in [0.25, 0.3) is 0 Å². The first-order valence-electron chi connectivity index (χ1n) is 6.31. The minimum absolute atomic E-state index is 0.129. The summed E-state index contributed by atoms with van der Waals surface area (Å²) >= 11 is 0. The summed E-state index contributed by atoms with van der Waals surface area (Å²) in [6, 6.07) is 7.93. The van der Waals surface area contributed by atoms with Gasteiger partial charge in [0.1, 0.15) is 0 Å². The van der Waals surface area contributed by atoms with Crippen molar-refractivity contribution in [3.63, 3.8) is 0 Å². The van der Waals surface area contributed by atoms with E-state index in [2.05, 4.69) is 10.6 Å². The van der Waals surface area contributed by atoms with Gasteiger partial charge in [-0.25, -0.2) is 0 Å². The van der Waals surface area contributed by atoms with Crippen LogP contribution in [-0.4, -0.2) is 19.0 Å². The standard InChI is InChI=1S/C14H20N2O/c1-11-4-2-6-13(8-11)16-14(17)9-12-5-3-7-15-10-12/h2,4,6,8,12,15H,3,5,7,9-10H2,1H3,(H,16,17). The third-order valence-corrected chi connectivity index (χ3v) is 3.17. The molecule has 0 aromatic heterocycles. The van der Waals surface area contributed by atoms with Crippen molar-refractivity contribution in [2.24, 2.45) is 5.92 Å². The quantitative estimate of drug-likeness (QED) is 0.839. The second-order valence-electron chi connectivity index (χ2n) is 4.83. The molecule has 0 saturated carbocycles. The number of anilines is 1. The average molecular weight is 232 g/mol. The first kappa shape index (κ1) is 12.1. The Morgan fingerprint density at radius 2 is 2.41 bits per heavy atom. The first-order chi connectivity index (χ1) is 8.24. The van der Waals surface area contributed by atoms with Crippen molar-refractivity contribution in [2.45, 2.75) is 26.2 Å². The maximum atomic E-state index is 11.9. The third kappa shape index (κ3) is 3.86. The lowest BCUT2D eigenvalue weighted by Gasteiger charge is -2.22. The van der Waals surface area contributed by atoms with E-state index in [1.807, 2.05) is 31.2 Å². The van der Waals surface area contributed by atoms with Crippen LogP contribution in [0, 0.1) is 12.8 Å². The van der Waals surface area contributed by atoms with Crippen LogP contribution in [0.2, 0.25) is 0 Å². The van der Waals surface area contributed by atoms with Gasteiger partial charge in [-0.1, -0.05) is 12.1 Å². The van der Waals surface area contributed by atoms with Crippen LogP contribution in [0.3, 0.4) is 0 Å². The van der Waals surface area contributed by atoms with Gasteiger partial charge < -0.3 is 10.6 Å². The number of carbonyl (C=O) groups excluding carboxylic acids is 1. The number of benzene rings is 1. The molecular weight excluding hydrogens is 212 g/mol. The molecule has 1 amide bonds. The number of hydrogen-bond donors (Lipinski definition) is 2. The lowest BCUT2D eigenvalue weighted by Crippen LogP contribution is -2.32. The van der Waals surface area contributed by atoms with Crippen molar-refractivity contribution in [2.75, 3.05) is 18.4 Å². The van der Waals surface area contributed by atoms with Crippen molar-refractivity contribution in [3.05, 3.63) is 29.8 Å². The van der Waals surface area contributed by atoms with E-state index in [9.17, 15) is 4.79 Å². The largest absolute Gasteiger partial charge is 0.326 e. The molecule has 1 aromatic rings. The number of piperidine rings is 1. The molecule has 1 aliphatic heterocycles. The van der Waals surface area contributed by atoms with E-state index in [-0.39, 0.29) is 5.91 Å². The lowest BCUT2D eigenvalue weighted by atomic mass is 9.96. The van der Waals surface area contributed by atoms with Crippen LogP contribution in [0.15, 0.2) is 24.3 Å². The van der Waals surface area contributed by atoms with Crippen LogP contribution in [-0.2, 0) is 4.79 Å². The highest BCUT2D eigenvalue weighted by molar-refractivity contribution is 5.90. The molecule has 1 atom stereocenters. The summed E-state index contributed by atoms with van der Waals surface area (Å²) in [6.45, 7) is 4.10. The van der Waals surface area contributed by atoms with Crippen molar-refractivity contribution < 1.29 is 4.79 Å². The normalized spacial score (nSPS) is 19.9.